The number of carbonyl (C=O) groups is 1. The van der Waals surface area contributed by atoms with Gasteiger partial charge in [0.15, 0.2) is 0 Å². The van der Waals surface area contributed by atoms with Gasteiger partial charge in [-0.2, -0.15) is 0 Å². The first-order valence-corrected chi connectivity index (χ1v) is 4.23. The zero-order valence-electron chi connectivity index (χ0n) is 8.14. The van der Waals surface area contributed by atoms with Crippen LogP contribution in [0.3, 0.4) is 0 Å². The fourth-order valence-electron chi connectivity index (χ4n) is 1.39. The molecule has 0 spiro atoms. The standard InChI is InChI=1S/C9H16O3/c1-8(2,3)12-9(4)6-5-7(10)11-9/h5-6H2,1-4H3. The van der Waals surface area contributed by atoms with Gasteiger partial charge >= 0.3 is 5.97 Å². The average Bonchev–Trinajstić information content (AvgIpc) is 2.05. The van der Waals surface area contributed by atoms with Crippen molar-refractivity contribution >= 4 is 5.97 Å². The lowest BCUT2D eigenvalue weighted by atomic mass is 10.1. The molecule has 0 amide bonds. The molecule has 1 fully saturated rings. The molecule has 0 aromatic heterocycles. The number of esters is 1. The Balaban J connectivity index is 2.56. The van der Waals surface area contributed by atoms with E-state index in [4.69, 9.17) is 9.47 Å². The van der Waals surface area contributed by atoms with E-state index < -0.39 is 5.79 Å². The first-order valence-electron chi connectivity index (χ1n) is 4.23. The lowest BCUT2D eigenvalue weighted by molar-refractivity contribution is -0.240. The van der Waals surface area contributed by atoms with Gasteiger partial charge in [-0.3, -0.25) is 4.79 Å². The van der Waals surface area contributed by atoms with Crippen molar-refractivity contribution in [3.8, 4) is 0 Å². The molecule has 0 aromatic rings. The van der Waals surface area contributed by atoms with Gasteiger partial charge < -0.3 is 9.47 Å². The summed E-state index contributed by atoms with van der Waals surface area (Å²) in [4.78, 5) is 10.8. The van der Waals surface area contributed by atoms with Crippen LogP contribution in [0, 0.1) is 0 Å². The molecule has 0 N–H and O–H groups in total. The molecule has 70 valence electrons. The van der Waals surface area contributed by atoms with E-state index in [-0.39, 0.29) is 11.6 Å². The summed E-state index contributed by atoms with van der Waals surface area (Å²) in [5, 5.41) is 0. The molecular formula is C9H16O3. The Bertz CT molecular complexity index is 192. The topological polar surface area (TPSA) is 35.5 Å². The van der Waals surface area contributed by atoms with Gasteiger partial charge in [-0.05, 0) is 20.8 Å². The summed E-state index contributed by atoms with van der Waals surface area (Å²) in [5.74, 6) is -0.864. The molecule has 3 nitrogen and oxygen atoms in total. The van der Waals surface area contributed by atoms with E-state index in [2.05, 4.69) is 0 Å². The third-order valence-corrected chi connectivity index (χ3v) is 1.64. The van der Waals surface area contributed by atoms with Gasteiger partial charge in [0.2, 0.25) is 5.79 Å². The predicted molar refractivity (Wildman–Crippen MR) is 44.6 cm³/mol. The number of rotatable bonds is 1. The molecule has 1 atom stereocenters. The summed E-state index contributed by atoms with van der Waals surface area (Å²) in [6.07, 6.45) is 1.12. The summed E-state index contributed by atoms with van der Waals surface area (Å²) in [5.41, 5.74) is -0.265. The van der Waals surface area contributed by atoms with Crippen LogP contribution in [0.4, 0.5) is 0 Å². The minimum atomic E-state index is -0.699. The van der Waals surface area contributed by atoms with Crippen LogP contribution in [0.1, 0.15) is 40.5 Å². The minimum Gasteiger partial charge on any atom is -0.433 e. The molecule has 1 heterocycles. The average molecular weight is 172 g/mol. The molecule has 3 heteroatoms. The third kappa shape index (κ3) is 2.48. The van der Waals surface area contributed by atoms with Crippen molar-refractivity contribution in [2.24, 2.45) is 0 Å². The summed E-state index contributed by atoms with van der Waals surface area (Å²) in [6, 6.07) is 0. The zero-order valence-corrected chi connectivity index (χ0v) is 8.14. The number of cyclic esters (lactones) is 1. The van der Waals surface area contributed by atoms with Gasteiger partial charge in [0.1, 0.15) is 0 Å². The minimum absolute atomic E-state index is 0.165. The van der Waals surface area contributed by atoms with E-state index in [9.17, 15) is 4.79 Å². The highest BCUT2D eigenvalue weighted by atomic mass is 16.7. The normalized spacial score (nSPS) is 30.5. The van der Waals surface area contributed by atoms with E-state index in [0.29, 0.717) is 12.8 Å². The van der Waals surface area contributed by atoms with Gasteiger partial charge in [0.05, 0.1) is 12.0 Å². The largest absolute Gasteiger partial charge is 0.433 e. The van der Waals surface area contributed by atoms with Gasteiger partial charge in [-0.15, -0.1) is 0 Å². The summed E-state index contributed by atoms with van der Waals surface area (Å²) < 4.78 is 10.7. The Kier molecular flexibility index (Phi) is 2.17. The molecule has 0 saturated carbocycles. The molecule has 1 aliphatic heterocycles. The Morgan fingerprint density at radius 3 is 2.42 bits per heavy atom. The maximum atomic E-state index is 10.8. The molecule has 12 heavy (non-hydrogen) atoms. The monoisotopic (exact) mass is 172 g/mol. The Morgan fingerprint density at radius 1 is 1.50 bits per heavy atom. The van der Waals surface area contributed by atoms with Crippen molar-refractivity contribution < 1.29 is 14.3 Å². The van der Waals surface area contributed by atoms with Crippen molar-refractivity contribution in [1.29, 1.82) is 0 Å². The van der Waals surface area contributed by atoms with Crippen LogP contribution in [0.15, 0.2) is 0 Å². The molecule has 0 radical (unpaired) electrons. The number of carbonyl (C=O) groups excluding carboxylic acids is 1. The molecule has 1 unspecified atom stereocenters. The second kappa shape index (κ2) is 2.73. The van der Waals surface area contributed by atoms with Gasteiger partial charge in [0.25, 0.3) is 0 Å². The summed E-state index contributed by atoms with van der Waals surface area (Å²) in [6.45, 7) is 7.66. The highest BCUT2D eigenvalue weighted by Gasteiger charge is 2.39. The zero-order chi connectivity index (χ0) is 9.41. The second-order valence-corrected chi connectivity index (χ2v) is 4.32. The van der Waals surface area contributed by atoms with Crippen molar-refractivity contribution in [2.45, 2.75) is 51.9 Å². The maximum Gasteiger partial charge on any atom is 0.308 e. The summed E-state index contributed by atoms with van der Waals surface area (Å²) in [7, 11) is 0. The highest BCUT2D eigenvalue weighted by Crippen LogP contribution is 2.31. The SMILES string of the molecule is CC(C)(C)OC1(C)CCC(=O)O1. The quantitative estimate of drug-likeness (QED) is 0.566. The fraction of sp³-hybridized carbons (Fsp3) is 0.889. The van der Waals surface area contributed by atoms with Crippen LogP contribution in [-0.2, 0) is 14.3 Å². The van der Waals surface area contributed by atoms with Crippen molar-refractivity contribution in [1.82, 2.24) is 0 Å². The van der Waals surface area contributed by atoms with Crippen LogP contribution in [0.25, 0.3) is 0 Å². The van der Waals surface area contributed by atoms with Gasteiger partial charge in [-0.25, -0.2) is 0 Å². The molecule has 1 aliphatic rings. The van der Waals surface area contributed by atoms with Gasteiger partial charge in [0, 0.05) is 13.3 Å². The smallest absolute Gasteiger partial charge is 0.308 e. The van der Waals surface area contributed by atoms with E-state index in [1.165, 1.54) is 0 Å². The molecular weight excluding hydrogens is 156 g/mol. The predicted octanol–water partition coefficient (Wildman–Crippen LogP) is 1.85. The van der Waals surface area contributed by atoms with Gasteiger partial charge in [-0.1, -0.05) is 0 Å². The number of ether oxygens (including phenoxy) is 2. The Labute approximate surface area is 73.0 Å². The van der Waals surface area contributed by atoms with E-state index in [1.807, 2.05) is 27.7 Å². The van der Waals surface area contributed by atoms with E-state index in [0.717, 1.165) is 0 Å². The molecule has 1 saturated heterocycles. The lowest BCUT2D eigenvalue weighted by Gasteiger charge is -2.31. The molecule has 0 bridgehead atoms. The Morgan fingerprint density at radius 2 is 2.08 bits per heavy atom. The Hall–Kier alpha value is -0.570. The third-order valence-electron chi connectivity index (χ3n) is 1.64. The highest BCUT2D eigenvalue weighted by molar-refractivity contribution is 5.71. The molecule has 0 aromatic carbocycles. The first-order chi connectivity index (χ1) is 5.31. The maximum absolute atomic E-state index is 10.8. The van der Waals surface area contributed by atoms with E-state index in [1.54, 1.807) is 0 Å². The van der Waals surface area contributed by atoms with Crippen LogP contribution >= 0.6 is 0 Å². The summed E-state index contributed by atoms with van der Waals surface area (Å²) >= 11 is 0. The van der Waals surface area contributed by atoms with Crippen molar-refractivity contribution in [2.75, 3.05) is 0 Å². The fourth-order valence-corrected chi connectivity index (χ4v) is 1.39. The molecule has 1 rings (SSSR count). The van der Waals surface area contributed by atoms with Crippen LogP contribution in [0.2, 0.25) is 0 Å². The van der Waals surface area contributed by atoms with Crippen LogP contribution in [-0.4, -0.2) is 17.4 Å². The lowest BCUT2D eigenvalue weighted by Crippen LogP contribution is -2.37. The second-order valence-electron chi connectivity index (χ2n) is 4.32. The van der Waals surface area contributed by atoms with E-state index >= 15 is 0 Å². The first kappa shape index (κ1) is 9.52. The number of hydrogen-bond donors (Lipinski definition) is 0. The van der Waals surface area contributed by atoms with Crippen molar-refractivity contribution in [3.05, 3.63) is 0 Å². The molecule has 0 aliphatic carbocycles. The number of hydrogen-bond acceptors (Lipinski definition) is 3. The van der Waals surface area contributed by atoms with Crippen LogP contribution < -0.4 is 0 Å². The van der Waals surface area contributed by atoms with Crippen LogP contribution in [0.5, 0.6) is 0 Å². The van der Waals surface area contributed by atoms with Crippen molar-refractivity contribution in [3.63, 3.8) is 0 Å².